The molecule has 2 aromatic rings. The fourth-order valence-electron chi connectivity index (χ4n) is 2.83. The van der Waals surface area contributed by atoms with Crippen LogP contribution in [0.2, 0.25) is 0 Å². The van der Waals surface area contributed by atoms with Crippen LogP contribution in [-0.4, -0.2) is 21.1 Å². The van der Waals surface area contributed by atoms with Crippen molar-refractivity contribution in [1.29, 1.82) is 0 Å². The Bertz CT molecular complexity index is 658. The number of rotatable bonds is 5. The van der Waals surface area contributed by atoms with Gasteiger partial charge in [-0.2, -0.15) is 5.10 Å². The molecule has 0 bridgehead atoms. The zero-order chi connectivity index (χ0) is 15.6. The molecule has 1 fully saturated rings. The Hall–Kier alpha value is -1.92. The molecule has 1 aliphatic carbocycles. The number of aromatic amines is 1. The number of aromatic nitrogens is 3. The highest BCUT2D eigenvalue weighted by molar-refractivity contribution is 5.96. The molecule has 124 valence electrons. The van der Waals surface area contributed by atoms with E-state index in [9.17, 15) is 4.79 Å². The quantitative estimate of drug-likeness (QED) is 0.782. The number of anilines is 1. The Kier molecular flexibility index (Phi) is 5.38. The van der Waals surface area contributed by atoms with Crippen molar-refractivity contribution in [3.05, 3.63) is 30.1 Å². The van der Waals surface area contributed by atoms with Crippen LogP contribution in [0, 0.1) is 5.41 Å². The average Bonchev–Trinajstić information content (AvgIpc) is 2.96. The van der Waals surface area contributed by atoms with E-state index in [-0.39, 0.29) is 23.7 Å². The molecule has 0 spiro atoms. The largest absolute Gasteiger partial charge is 0.326 e. The summed E-state index contributed by atoms with van der Waals surface area (Å²) in [6.07, 6.45) is 4.03. The number of halogens is 1. The maximum atomic E-state index is 12.4. The first-order chi connectivity index (χ1) is 10.7. The van der Waals surface area contributed by atoms with Gasteiger partial charge in [0.25, 0.3) is 0 Å². The second kappa shape index (κ2) is 7.10. The van der Waals surface area contributed by atoms with E-state index in [1.165, 1.54) is 0 Å². The lowest BCUT2D eigenvalue weighted by Crippen LogP contribution is -2.41. The molecule has 0 saturated heterocycles. The van der Waals surface area contributed by atoms with Gasteiger partial charge in [-0.25, -0.2) is 4.98 Å². The number of carbonyl (C=O) groups excluding carboxylic acids is 1. The number of carbonyl (C=O) groups is 1. The Morgan fingerprint density at radius 3 is 2.52 bits per heavy atom. The van der Waals surface area contributed by atoms with Crippen LogP contribution >= 0.6 is 12.4 Å². The number of nitrogens with two attached hydrogens (primary N) is 1. The molecule has 0 unspecified atom stereocenters. The highest BCUT2D eigenvalue weighted by atomic mass is 35.5. The molecule has 6 nitrogen and oxygen atoms in total. The minimum Gasteiger partial charge on any atom is -0.326 e. The zero-order valence-corrected chi connectivity index (χ0v) is 13.9. The highest BCUT2D eigenvalue weighted by Crippen LogP contribution is 2.44. The minimum atomic E-state index is -0.154. The summed E-state index contributed by atoms with van der Waals surface area (Å²) in [6.45, 7) is 2.42. The summed E-state index contributed by atoms with van der Waals surface area (Å²) in [5.41, 5.74) is 7.06. The van der Waals surface area contributed by atoms with Gasteiger partial charge in [0.05, 0.1) is 6.54 Å². The molecule has 1 aliphatic rings. The van der Waals surface area contributed by atoms with Gasteiger partial charge in [0.15, 0.2) is 5.82 Å². The third-order valence-electron chi connectivity index (χ3n) is 4.60. The number of hydrogen-bond acceptors (Lipinski definition) is 4. The number of amides is 1. The summed E-state index contributed by atoms with van der Waals surface area (Å²) in [5.74, 6) is 1.40. The van der Waals surface area contributed by atoms with Gasteiger partial charge in [-0.3, -0.25) is 9.89 Å². The van der Waals surface area contributed by atoms with Gasteiger partial charge < -0.3 is 11.1 Å². The van der Waals surface area contributed by atoms with Gasteiger partial charge in [-0.1, -0.05) is 13.3 Å². The first-order valence-electron chi connectivity index (χ1n) is 7.70. The summed E-state index contributed by atoms with van der Waals surface area (Å²) >= 11 is 0. The van der Waals surface area contributed by atoms with E-state index in [1.807, 2.05) is 24.3 Å². The molecule has 7 heteroatoms. The second-order valence-electron chi connectivity index (χ2n) is 5.83. The number of nitrogens with zero attached hydrogens (tertiary/aromatic N) is 2. The summed E-state index contributed by atoms with van der Waals surface area (Å²) in [5, 5.41) is 9.93. The molecule has 1 aromatic heterocycles. The summed E-state index contributed by atoms with van der Waals surface area (Å²) < 4.78 is 0. The lowest BCUT2D eigenvalue weighted by atomic mass is 9.66. The molecule has 3 rings (SSSR count). The van der Waals surface area contributed by atoms with Crippen LogP contribution in [0.1, 0.15) is 38.4 Å². The number of nitrogens with one attached hydrogen (secondary N) is 2. The SMILES string of the molecule is CCC1(C(=O)Nc2ccc(-c3n[nH]c(CN)n3)cc2)CCC1.Cl. The maximum Gasteiger partial charge on any atom is 0.230 e. The van der Waals surface area contributed by atoms with E-state index in [2.05, 4.69) is 27.4 Å². The number of benzene rings is 1. The van der Waals surface area contributed by atoms with Crippen molar-refractivity contribution in [3.63, 3.8) is 0 Å². The van der Waals surface area contributed by atoms with E-state index in [4.69, 9.17) is 5.73 Å². The number of H-pyrrole nitrogens is 1. The Morgan fingerprint density at radius 1 is 1.35 bits per heavy atom. The number of hydrogen-bond donors (Lipinski definition) is 3. The monoisotopic (exact) mass is 335 g/mol. The summed E-state index contributed by atoms with van der Waals surface area (Å²) in [6, 6.07) is 7.57. The van der Waals surface area contributed by atoms with Crippen LogP contribution in [0.5, 0.6) is 0 Å². The molecule has 0 radical (unpaired) electrons. The van der Waals surface area contributed by atoms with Gasteiger partial charge in [-0.05, 0) is 43.5 Å². The third kappa shape index (κ3) is 3.38. The molecule has 1 heterocycles. The molecular weight excluding hydrogens is 314 g/mol. The maximum absolute atomic E-state index is 12.4. The highest BCUT2D eigenvalue weighted by Gasteiger charge is 2.42. The smallest absolute Gasteiger partial charge is 0.230 e. The summed E-state index contributed by atoms with van der Waals surface area (Å²) in [7, 11) is 0. The van der Waals surface area contributed by atoms with Gasteiger partial charge in [-0.15, -0.1) is 12.4 Å². The van der Waals surface area contributed by atoms with Crippen LogP contribution in [0.25, 0.3) is 11.4 Å². The first kappa shape index (κ1) is 17.4. The topological polar surface area (TPSA) is 96.7 Å². The minimum absolute atomic E-state index is 0. The van der Waals surface area contributed by atoms with Crippen LogP contribution < -0.4 is 11.1 Å². The Balaban J connectivity index is 0.00000192. The van der Waals surface area contributed by atoms with E-state index in [0.29, 0.717) is 18.2 Å². The predicted molar refractivity (Wildman–Crippen MR) is 92.2 cm³/mol. The molecular formula is C16H22ClN5O. The van der Waals surface area contributed by atoms with Crippen molar-refractivity contribution in [2.75, 3.05) is 5.32 Å². The van der Waals surface area contributed by atoms with Gasteiger partial charge in [0.2, 0.25) is 5.91 Å². The fraction of sp³-hybridized carbons (Fsp3) is 0.438. The standard InChI is InChI=1S/C16H21N5O.ClH/c1-2-16(8-3-9-16)15(22)18-12-6-4-11(5-7-12)14-19-13(10-17)20-21-14;/h4-7H,2-3,8-10,17H2,1H3,(H,18,22)(H,19,20,21);1H. The van der Waals surface area contributed by atoms with Crippen molar-refractivity contribution >= 4 is 24.0 Å². The van der Waals surface area contributed by atoms with Crippen molar-refractivity contribution in [3.8, 4) is 11.4 Å². The third-order valence-corrected chi connectivity index (χ3v) is 4.60. The van der Waals surface area contributed by atoms with E-state index >= 15 is 0 Å². The predicted octanol–water partition coefficient (Wildman–Crippen LogP) is 2.87. The van der Waals surface area contributed by atoms with Crippen molar-refractivity contribution in [2.45, 2.75) is 39.2 Å². The van der Waals surface area contributed by atoms with Gasteiger partial charge in [0.1, 0.15) is 5.82 Å². The van der Waals surface area contributed by atoms with Crippen molar-refractivity contribution in [1.82, 2.24) is 15.2 Å². The van der Waals surface area contributed by atoms with Gasteiger partial charge in [0, 0.05) is 16.7 Å². The molecule has 23 heavy (non-hydrogen) atoms. The van der Waals surface area contributed by atoms with Crippen molar-refractivity contribution in [2.24, 2.45) is 11.1 Å². The molecule has 1 amide bonds. The lowest BCUT2D eigenvalue weighted by molar-refractivity contribution is -0.130. The molecule has 1 saturated carbocycles. The zero-order valence-electron chi connectivity index (χ0n) is 13.1. The van der Waals surface area contributed by atoms with E-state index < -0.39 is 0 Å². The van der Waals surface area contributed by atoms with E-state index in [0.717, 1.165) is 36.9 Å². The van der Waals surface area contributed by atoms with Gasteiger partial charge >= 0.3 is 0 Å². The normalized spacial score (nSPS) is 15.4. The molecule has 0 atom stereocenters. The van der Waals surface area contributed by atoms with Crippen LogP contribution in [-0.2, 0) is 11.3 Å². The van der Waals surface area contributed by atoms with Crippen LogP contribution in [0.4, 0.5) is 5.69 Å². The van der Waals surface area contributed by atoms with Crippen LogP contribution in [0.15, 0.2) is 24.3 Å². The second-order valence-corrected chi connectivity index (χ2v) is 5.83. The Morgan fingerprint density at radius 2 is 2.04 bits per heavy atom. The molecule has 4 N–H and O–H groups in total. The first-order valence-corrected chi connectivity index (χ1v) is 7.70. The van der Waals surface area contributed by atoms with Crippen LogP contribution in [0.3, 0.4) is 0 Å². The Labute approximate surface area is 141 Å². The lowest BCUT2D eigenvalue weighted by Gasteiger charge is -2.39. The van der Waals surface area contributed by atoms with Crippen molar-refractivity contribution < 1.29 is 4.79 Å². The molecule has 1 aromatic carbocycles. The summed E-state index contributed by atoms with van der Waals surface area (Å²) in [4.78, 5) is 16.7. The molecule has 0 aliphatic heterocycles. The fourth-order valence-corrected chi connectivity index (χ4v) is 2.83. The average molecular weight is 336 g/mol. The van der Waals surface area contributed by atoms with E-state index in [1.54, 1.807) is 0 Å².